The van der Waals surface area contributed by atoms with Crippen LogP contribution < -0.4 is 0 Å². The molecule has 2 nitrogen and oxygen atoms in total. The Kier molecular flexibility index (Phi) is 5.31. The summed E-state index contributed by atoms with van der Waals surface area (Å²) in [6, 6.07) is 32.4. The predicted octanol–water partition coefficient (Wildman–Crippen LogP) is 5.70. The molecule has 0 fully saturated rings. The number of carbonyl (C=O) groups is 1. The molecule has 4 aromatic rings. The van der Waals surface area contributed by atoms with Crippen molar-refractivity contribution in [3.8, 4) is 0 Å². The van der Waals surface area contributed by atoms with Crippen molar-refractivity contribution in [3.05, 3.63) is 119 Å². The van der Waals surface area contributed by atoms with Gasteiger partial charge in [0.1, 0.15) is 0 Å². The maximum atomic E-state index is 12.9. The molecule has 0 aliphatic rings. The normalized spacial score (nSPS) is 11.1. The number of hydrogen-bond donors (Lipinski definition) is 0. The summed E-state index contributed by atoms with van der Waals surface area (Å²) < 4.78 is 0. The molecule has 0 bridgehead atoms. The molecule has 4 rings (SSSR count). The summed E-state index contributed by atoms with van der Waals surface area (Å²) >= 11 is 0. The van der Waals surface area contributed by atoms with Crippen LogP contribution in [0.2, 0.25) is 0 Å². The van der Waals surface area contributed by atoms with Crippen LogP contribution in [-0.2, 0) is 13.1 Å². The number of rotatable bonds is 6. The fraction of sp³-hybridized carbons (Fsp3) is 0.115. The summed E-state index contributed by atoms with van der Waals surface area (Å²) in [7, 11) is 2.11. The second kappa shape index (κ2) is 8.20. The second-order valence-electron chi connectivity index (χ2n) is 7.25. The van der Waals surface area contributed by atoms with Crippen LogP contribution in [-0.4, -0.2) is 17.7 Å². The van der Waals surface area contributed by atoms with Crippen LogP contribution >= 0.6 is 0 Å². The Balaban J connectivity index is 1.45. The van der Waals surface area contributed by atoms with E-state index in [4.69, 9.17) is 0 Å². The minimum Gasteiger partial charge on any atom is -0.298 e. The summed E-state index contributed by atoms with van der Waals surface area (Å²) in [5, 5.41) is 2.24. The Morgan fingerprint density at radius 1 is 0.643 bits per heavy atom. The highest BCUT2D eigenvalue weighted by molar-refractivity contribution is 6.10. The van der Waals surface area contributed by atoms with Gasteiger partial charge in [0.15, 0.2) is 5.78 Å². The summed E-state index contributed by atoms with van der Waals surface area (Å²) in [5.41, 5.74) is 3.96. The Morgan fingerprint density at radius 2 is 1.21 bits per heavy atom. The topological polar surface area (TPSA) is 20.3 Å². The molecule has 0 saturated heterocycles. The molecule has 0 amide bonds. The number of benzene rings is 4. The molecule has 4 aromatic carbocycles. The van der Waals surface area contributed by atoms with E-state index < -0.39 is 0 Å². The third kappa shape index (κ3) is 4.19. The number of carbonyl (C=O) groups excluding carboxylic acids is 1. The van der Waals surface area contributed by atoms with E-state index in [1.165, 1.54) is 11.1 Å². The maximum absolute atomic E-state index is 12.9. The van der Waals surface area contributed by atoms with E-state index in [2.05, 4.69) is 54.4 Å². The van der Waals surface area contributed by atoms with Gasteiger partial charge in [-0.1, -0.05) is 91.0 Å². The fourth-order valence-electron chi connectivity index (χ4n) is 3.52. The van der Waals surface area contributed by atoms with Gasteiger partial charge in [0, 0.05) is 24.2 Å². The number of hydrogen-bond acceptors (Lipinski definition) is 2. The lowest BCUT2D eigenvalue weighted by Gasteiger charge is -2.17. The molecule has 0 unspecified atom stereocenters. The van der Waals surface area contributed by atoms with Crippen LogP contribution in [0.5, 0.6) is 0 Å². The van der Waals surface area contributed by atoms with Crippen LogP contribution in [0.1, 0.15) is 27.0 Å². The highest BCUT2D eigenvalue weighted by atomic mass is 16.1. The van der Waals surface area contributed by atoms with Gasteiger partial charge in [0.25, 0.3) is 0 Å². The highest BCUT2D eigenvalue weighted by Gasteiger charge is 2.10. The third-order valence-corrected chi connectivity index (χ3v) is 4.98. The van der Waals surface area contributed by atoms with Crippen LogP contribution in [0.4, 0.5) is 0 Å². The molecular weight excluding hydrogens is 342 g/mol. The molecule has 138 valence electrons. The minimum absolute atomic E-state index is 0.0648. The van der Waals surface area contributed by atoms with Crippen molar-refractivity contribution in [2.75, 3.05) is 7.05 Å². The van der Waals surface area contributed by atoms with Crippen LogP contribution in [0.3, 0.4) is 0 Å². The zero-order valence-electron chi connectivity index (χ0n) is 16.0. The lowest BCUT2D eigenvalue weighted by Crippen LogP contribution is -2.17. The molecule has 0 heterocycles. The smallest absolute Gasteiger partial charge is 0.193 e. The molecule has 0 radical (unpaired) electrons. The molecule has 0 spiro atoms. The van der Waals surface area contributed by atoms with Crippen molar-refractivity contribution in [1.29, 1.82) is 0 Å². The van der Waals surface area contributed by atoms with E-state index in [1.807, 2.05) is 54.6 Å². The zero-order valence-corrected chi connectivity index (χ0v) is 16.0. The van der Waals surface area contributed by atoms with Gasteiger partial charge in [-0.15, -0.1) is 0 Å². The van der Waals surface area contributed by atoms with Crippen LogP contribution in [0.15, 0.2) is 97.1 Å². The summed E-state index contributed by atoms with van der Waals surface area (Å²) in [6.45, 7) is 1.75. The summed E-state index contributed by atoms with van der Waals surface area (Å²) in [6.07, 6.45) is 0. The monoisotopic (exact) mass is 365 g/mol. The molecule has 0 aliphatic carbocycles. The van der Waals surface area contributed by atoms with Gasteiger partial charge in [-0.3, -0.25) is 9.69 Å². The van der Waals surface area contributed by atoms with E-state index in [0.717, 1.165) is 35.0 Å². The predicted molar refractivity (Wildman–Crippen MR) is 115 cm³/mol. The molecule has 0 aromatic heterocycles. The first-order valence-corrected chi connectivity index (χ1v) is 9.54. The van der Waals surface area contributed by atoms with Crippen molar-refractivity contribution < 1.29 is 4.79 Å². The van der Waals surface area contributed by atoms with E-state index in [0.29, 0.717) is 0 Å². The fourth-order valence-corrected chi connectivity index (χ4v) is 3.52. The van der Waals surface area contributed by atoms with Gasteiger partial charge < -0.3 is 0 Å². The number of nitrogens with zero attached hydrogens (tertiary/aromatic N) is 1. The largest absolute Gasteiger partial charge is 0.298 e. The molecule has 0 saturated carbocycles. The van der Waals surface area contributed by atoms with E-state index >= 15 is 0 Å². The van der Waals surface area contributed by atoms with Crippen molar-refractivity contribution in [2.45, 2.75) is 13.1 Å². The quantitative estimate of drug-likeness (QED) is 0.408. The Bertz CT molecular complexity index is 1080. The summed E-state index contributed by atoms with van der Waals surface area (Å²) in [5.74, 6) is 0.0648. The van der Waals surface area contributed by atoms with Gasteiger partial charge in [0.05, 0.1) is 0 Å². The van der Waals surface area contributed by atoms with E-state index in [9.17, 15) is 4.79 Å². The molecule has 2 heteroatoms. The van der Waals surface area contributed by atoms with Crippen LogP contribution in [0.25, 0.3) is 10.8 Å². The Labute approximate surface area is 166 Å². The van der Waals surface area contributed by atoms with Gasteiger partial charge in [-0.2, -0.15) is 0 Å². The second-order valence-corrected chi connectivity index (χ2v) is 7.25. The van der Waals surface area contributed by atoms with Gasteiger partial charge >= 0.3 is 0 Å². The highest BCUT2D eigenvalue weighted by Crippen LogP contribution is 2.19. The van der Waals surface area contributed by atoms with Crippen molar-refractivity contribution in [3.63, 3.8) is 0 Å². The van der Waals surface area contributed by atoms with Gasteiger partial charge in [-0.05, 0) is 35.0 Å². The SMILES string of the molecule is CN(Cc1ccccc1)Cc1ccc(C(=O)c2ccc3ccccc3c2)cc1. The Morgan fingerprint density at radius 3 is 1.93 bits per heavy atom. The average molecular weight is 365 g/mol. The third-order valence-electron chi connectivity index (χ3n) is 4.98. The molecule has 28 heavy (non-hydrogen) atoms. The average Bonchev–Trinajstić information content (AvgIpc) is 2.74. The van der Waals surface area contributed by atoms with Gasteiger partial charge in [-0.25, -0.2) is 0 Å². The van der Waals surface area contributed by atoms with Gasteiger partial charge in [0.2, 0.25) is 0 Å². The Hall–Kier alpha value is -3.23. The maximum Gasteiger partial charge on any atom is 0.193 e. The number of fused-ring (bicyclic) bond motifs is 1. The molecule has 0 atom stereocenters. The first-order chi connectivity index (χ1) is 13.7. The lowest BCUT2D eigenvalue weighted by atomic mass is 9.99. The van der Waals surface area contributed by atoms with Crippen LogP contribution in [0, 0.1) is 0 Å². The van der Waals surface area contributed by atoms with Crippen molar-refractivity contribution >= 4 is 16.6 Å². The first-order valence-electron chi connectivity index (χ1n) is 9.54. The number of ketones is 1. The standard InChI is InChI=1S/C26H23NO/c1-27(18-20-7-3-2-4-8-20)19-21-11-13-23(14-12-21)26(28)25-16-15-22-9-5-6-10-24(22)17-25/h2-17H,18-19H2,1H3. The minimum atomic E-state index is 0.0648. The van der Waals surface area contributed by atoms with E-state index in [-0.39, 0.29) is 5.78 Å². The first kappa shape index (κ1) is 18.1. The molecular formula is C26H23NO. The van der Waals surface area contributed by atoms with E-state index in [1.54, 1.807) is 0 Å². The lowest BCUT2D eigenvalue weighted by molar-refractivity contribution is 0.103. The summed E-state index contributed by atoms with van der Waals surface area (Å²) in [4.78, 5) is 15.1. The molecule has 0 N–H and O–H groups in total. The van der Waals surface area contributed by atoms with Crippen molar-refractivity contribution in [1.82, 2.24) is 4.90 Å². The zero-order chi connectivity index (χ0) is 19.3. The molecule has 0 aliphatic heterocycles. The van der Waals surface area contributed by atoms with Crippen molar-refractivity contribution in [2.24, 2.45) is 0 Å².